The van der Waals surface area contributed by atoms with Gasteiger partial charge >= 0.3 is 6.72 Å². The van der Waals surface area contributed by atoms with Crippen LogP contribution in [-0.4, -0.2) is 14.7 Å². The fraction of sp³-hybridized carbons (Fsp3) is 0. The number of nitro groups is 1. The summed E-state index contributed by atoms with van der Waals surface area (Å²) in [6.45, 7) is -3.68. The van der Waals surface area contributed by atoms with E-state index in [2.05, 4.69) is 0 Å². The van der Waals surface area contributed by atoms with E-state index in [1.165, 1.54) is 24.3 Å². The van der Waals surface area contributed by atoms with E-state index in [4.69, 9.17) is 4.52 Å². The molecular weight excluding hydrogens is 301 g/mol. The van der Waals surface area contributed by atoms with Gasteiger partial charge in [-0.2, -0.15) is 0 Å². The molecule has 8 heteroatoms. The lowest BCUT2D eigenvalue weighted by atomic mass is 10.3. The Morgan fingerprint density at radius 2 is 1.65 bits per heavy atom. The third kappa shape index (κ3) is 4.11. The average molecular weight is 312 g/mol. The summed E-state index contributed by atoms with van der Waals surface area (Å²) in [6.07, 6.45) is 0. The molecule has 2 aromatic carbocycles. The molecule has 0 unspecified atom stereocenters. The van der Waals surface area contributed by atoms with Gasteiger partial charge < -0.3 is 4.52 Å². The molecule has 0 radical (unpaired) electrons. The van der Waals surface area contributed by atoms with E-state index in [0.717, 1.165) is 10.9 Å². The zero-order valence-corrected chi connectivity index (χ0v) is 11.8. The smallest absolute Gasteiger partial charge is 0.392 e. The second kappa shape index (κ2) is 6.11. The van der Waals surface area contributed by atoms with Crippen molar-refractivity contribution in [1.82, 2.24) is 0 Å². The van der Waals surface area contributed by atoms with Crippen molar-refractivity contribution in [1.29, 1.82) is 0 Å². The molecule has 0 fully saturated rings. The predicted octanol–water partition coefficient (Wildman–Crippen LogP) is 2.78. The minimum atomic E-state index is -3.68. The first kappa shape index (κ1) is 14.6. The molecule has 0 aliphatic rings. The molecule has 104 valence electrons. The molecule has 0 saturated carbocycles. The van der Waals surface area contributed by atoms with Crippen molar-refractivity contribution in [3.05, 3.63) is 64.7 Å². The summed E-state index contributed by atoms with van der Waals surface area (Å²) in [4.78, 5) is 30.4. The number of nitro benzene ring substituents is 1. The maximum atomic E-state index is 10.5. The van der Waals surface area contributed by atoms with E-state index in [0.29, 0.717) is 4.90 Å². The molecule has 0 amide bonds. The molecular formula is C12H11NO5PS+. The summed E-state index contributed by atoms with van der Waals surface area (Å²) >= 11 is 0. The van der Waals surface area contributed by atoms with Gasteiger partial charge in [0, 0.05) is 24.3 Å². The van der Waals surface area contributed by atoms with Crippen LogP contribution in [0.15, 0.2) is 59.5 Å². The Morgan fingerprint density at radius 3 is 2.20 bits per heavy atom. The van der Waals surface area contributed by atoms with Crippen LogP contribution in [0.25, 0.3) is 0 Å². The van der Waals surface area contributed by atoms with Crippen LogP contribution in [0.4, 0.5) is 5.69 Å². The lowest BCUT2D eigenvalue weighted by Gasteiger charge is -2.04. The minimum Gasteiger partial charge on any atom is -0.392 e. The molecule has 0 aliphatic carbocycles. The van der Waals surface area contributed by atoms with E-state index < -0.39 is 11.6 Å². The van der Waals surface area contributed by atoms with Crippen molar-refractivity contribution in [2.24, 2.45) is 0 Å². The molecule has 0 spiro atoms. The molecule has 2 aromatic rings. The SMILES string of the molecule is O=[N+]([O-])c1ccc(OP(O)(O)=[S+]c2ccccc2)cc1. The molecule has 20 heavy (non-hydrogen) atoms. The van der Waals surface area contributed by atoms with Crippen molar-refractivity contribution >= 4 is 23.3 Å². The second-order valence-electron chi connectivity index (χ2n) is 3.74. The Kier molecular flexibility index (Phi) is 4.46. The van der Waals surface area contributed by atoms with Crippen LogP contribution >= 0.6 is 6.72 Å². The predicted molar refractivity (Wildman–Crippen MR) is 77.2 cm³/mol. The van der Waals surface area contributed by atoms with Gasteiger partial charge in [-0.25, -0.2) is 0 Å². The molecule has 6 nitrogen and oxygen atoms in total. The molecule has 0 heterocycles. The zero-order valence-electron chi connectivity index (χ0n) is 10.1. The Hall–Kier alpha value is -1.79. The van der Waals surface area contributed by atoms with Crippen molar-refractivity contribution in [3.8, 4) is 5.75 Å². The third-order valence-electron chi connectivity index (χ3n) is 2.24. The Balaban J connectivity index is 2.19. The molecule has 0 aliphatic heterocycles. The highest BCUT2D eigenvalue weighted by molar-refractivity contribution is 8.17. The van der Waals surface area contributed by atoms with Crippen molar-refractivity contribution in [3.63, 3.8) is 0 Å². The van der Waals surface area contributed by atoms with Gasteiger partial charge in [0.15, 0.2) is 0 Å². The lowest BCUT2D eigenvalue weighted by molar-refractivity contribution is -0.384. The highest BCUT2D eigenvalue weighted by Gasteiger charge is 2.29. The molecule has 2 N–H and O–H groups in total. The summed E-state index contributed by atoms with van der Waals surface area (Å²) in [6, 6.07) is 13.9. The fourth-order valence-corrected chi connectivity index (χ4v) is 3.95. The van der Waals surface area contributed by atoms with Crippen LogP contribution in [0.3, 0.4) is 0 Å². The Bertz CT molecular complexity index is 653. The zero-order chi connectivity index (χ0) is 14.6. The van der Waals surface area contributed by atoms with Crippen LogP contribution in [0.5, 0.6) is 5.75 Å². The van der Waals surface area contributed by atoms with Crippen molar-refractivity contribution in [2.75, 3.05) is 0 Å². The van der Waals surface area contributed by atoms with Crippen molar-refractivity contribution < 1.29 is 19.2 Å². The van der Waals surface area contributed by atoms with Crippen LogP contribution in [0.1, 0.15) is 0 Å². The van der Waals surface area contributed by atoms with E-state index in [9.17, 15) is 19.9 Å². The quantitative estimate of drug-likeness (QED) is 0.392. The molecule has 0 aromatic heterocycles. The highest BCUT2D eigenvalue weighted by atomic mass is 32.5. The number of hydrogen-bond acceptors (Lipinski definition) is 3. The van der Waals surface area contributed by atoms with Crippen LogP contribution < -0.4 is 4.52 Å². The van der Waals surface area contributed by atoms with Crippen LogP contribution in [-0.2, 0) is 10.9 Å². The van der Waals surface area contributed by atoms with Gasteiger partial charge in [-0.1, -0.05) is 18.2 Å². The Morgan fingerprint density at radius 1 is 1.05 bits per heavy atom. The van der Waals surface area contributed by atoms with Gasteiger partial charge in [0.2, 0.25) is 4.90 Å². The fourth-order valence-electron chi connectivity index (χ4n) is 1.40. The third-order valence-corrected chi connectivity index (χ3v) is 4.98. The number of non-ortho nitro benzene ring substituents is 1. The first-order chi connectivity index (χ1) is 9.46. The van der Waals surface area contributed by atoms with Gasteiger partial charge in [0.1, 0.15) is 5.75 Å². The largest absolute Gasteiger partial charge is 0.578 e. The normalized spacial score (nSPS) is 10.9. The van der Waals surface area contributed by atoms with E-state index in [-0.39, 0.29) is 11.4 Å². The molecule has 0 atom stereocenters. The maximum absolute atomic E-state index is 10.5. The Labute approximate surface area is 118 Å². The summed E-state index contributed by atoms with van der Waals surface area (Å²) in [7, 11) is 0.817. The molecule has 2 rings (SSSR count). The second-order valence-corrected chi connectivity index (χ2v) is 7.53. The molecule has 0 bridgehead atoms. The minimum absolute atomic E-state index is 0.0899. The van der Waals surface area contributed by atoms with E-state index in [1.807, 2.05) is 6.07 Å². The summed E-state index contributed by atoms with van der Waals surface area (Å²) in [5.74, 6) is 0.164. The average Bonchev–Trinajstić information content (AvgIpc) is 2.39. The summed E-state index contributed by atoms with van der Waals surface area (Å²) < 4.78 is 5.10. The number of rotatable bonds is 4. The van der Waals surface area contributed by atoms with E-state index in [1.54, 1.807) is 24.3 Å². The monoisotopic (exact) mass is 312 g/mol. The van der Waals surface area contributed by atoms with Crippen molar-refractivity contribution in [2.45, 2.75) is 4.90 Å². The highest BCUT2D eigenvalue weighted by Crippen LogP contribution is 2.42. The van der Waals surface area contributed by atoms with Gasteiger partial charge in [0.25, 0.3) is 16.6 Å². The standard InChI is InChI=1S/C12H11NO5PS/c14-13(15)10-6-8-11(9-7-10)18-19(16,17)20-12-4-2-1-3-5-12/h1-9,16-17H/q+1. The number of hydrogen-bond donors (Lipinski definition) is 2. The van der Waals surface area contributed by atoms with Gasteiger partial charge in [-0.15, -0.1) is 0 Å². The lowest BCUT2D eigenvalue weighted by Crippen LogP contribution is -1.93. The summed E-state index contributed by atoms with van der Waals surface area (Å²) in [5, 5.41) is 10.5. The number of nitrogens with zero attached hydrogens (tertiary/aromatic N) is 1. The van der Waals surface area contributed by atoms with Crippen LogP contribution in [0.2, 0.25) is 0 Å². The van der Waals surface area contributed by atoms with E-state index >= 15 is 0 Å². The topological polar surface area (TPSA) is 92.8 Å². The van der Waals surface area contributed by atoms with Crippen LogP contribution in [0, 0.1) is 10.1 Å². The maximum Gasteiger partial charge on any atom is 0.578 e. The van der Waals surface area contributed by atoms with Gasteiger partial charge in [-0.05, 0) is 12.1 Å². The first-order valence-electron chi connectivity index (χ1n) is 5.49. The van der Waals surface area contributed by atoms with Gasteiger partial charge in [-0.3, -0.25) is 19.9 Å². The summed E-state index contributed by atoms with van der Waals surface area (Å²) in [5.41, 5.74) is -0.0899. The van der Waals surface area contributed by atoms with Gasteiger partial charge in [0.05, 0.1) is 4.92 Å². The molecule has 0 saturated heterocycles. The number of benzene rings is 2. The first-order valence-corrected chi connectivity index (χ1v) is 8.53.